The van der Waals surface area contributed by atoms with E-state index in [1.807, 2.05) is 10.8 Å². The average Bonchev–Trinajstić information content (AvgIpc) is 2.75. The van der Waals surface area contributed by atoms with E-state index in [1.54, 1.807) is 6.20 Å². The van der Waals surface area contributed by atoms with E-state index in [2.05, 4.69) is 23.2 Å². The largest absolute Gasteiger partial charge is 0.369 e. The van der Waals surface area contributed by atoms with E-state index < -0.39 is 0 Å². The SMILES string of the molecule is Nc1nccn1-c1cccc2c1CCCC2. The number of imidazole rings is 1. The molecule has 16 heavy (non-hydrogen) atoms. The molecule has 1 aliphatic rings. The first kappa shape index (κ1) is 9.46. The number of nitrogens with zero attached hydrogens (tertiary/aromatic N) is 2. The molecule has 0 saturated carbocycles. The highest BCUT2D eigenvalue weighted by Gasteiger charge is 2.14. The van der Waals surface area contributed by atoms with Gasteiger partial charge in [-0.25, -0.2) is 4.98 Å². The van der Waals surface area contributed by atoms with Gasteiger partial charge in [-0.15, -0.1) is 0 Å². The monoisotopic (exact) mass is 213 g/mol. The highest BCUT2D eigenvalue weighted by Crippen LogP contribution is 2.27. The number of rotatable bonds is 1. The molecular weight excluding hydrogens is 198 g/mol. The molecule has 1 aliphatic carbocycles. The Morgan fingerprint density at radius 3 is 2.88 bits per heavy atom. The molecule has 0 aliphatic heterocycles. The van der Waals surface area contributed by atoms with E-state index in [1.165, 1.54) is 36.1 Å². The van der Waals surface area contributed by atoms with Crippen LogP contribution in [-0.2, 0) is 12.8 Å². The van der Waals surface area contributed by atoms with Crippen LogP contribution in [0.2, 0.25) is 0 Å². The summed E-state index contributed by atoms with van der Waals surface area (Å²) in [6.45, 7) is 0. The van der Waals surface area contributed by atoms with Gasteiger partial charge in [0, 0.05) is 12.4 Å². The van der Waals surface area contributed by atoms with Crippen LogP contribution in [0.4, 0.5) is 5.95 Å². The third-order valence-electron chi connectivity index (χ3n) is 3.30. The normalized spacial score (nSPS) is 14.8. The molecule has 1 aromatic heterocycles. The predicted octanol–water partition coefficient (Wildman–Crippen LogP) is 2.33. The van der Waals surface area contributed by atoms with Gasteiger partial charge in [-0.3, -0.25) is 4.57 Å². The van der Waals surface area contributed by atoms with Crippen LogP contribution in [0, 0.1) is 0 Å². The van der Waals surface area contributed by atoms with Gasteiger partial charge in [-0.1, -0.05) is 12.1 Å². The van der Waals surface area contributed by atoms with Crippen molar-refractivity contribution in [1.29, 1.82) is 0 Å². The summed E-state index contributed by atoms with van der Waals surface area (Å²) in [5, 5.41) is 0. The van der Waals surface area contributed by atoms with Gasteiger partial charge in [-0.2, -0.15) is 0 Å². The summed E-state index contributed by atoms with van der Waals surface area (Å²) < 4.78 is 1.98. The van der Waals surface area contributed by atoms with Crippen LogP contribution in [0.25, 0.3) is 5.69 Å². The molecule has 1 aromatic carbocycles. The summed E-state index contributed by atoms with van der Waals surface area (Å²) in [5.74, 6) is 0.568. The number of aryl methyl sites for hydroxylation is 1. The van der Waals surface area contributed by atoms with E-state index in [-0.39, 0.29) is 0 Å². The van der Waals surface area contributed by atoms with Crippen LogP contribution in [-0.4, -0.2) is 9.55 Å². The molecule has 0 fully saturated rings. The first-order valence-electron chi connectivity index (χ1n) is 5.76. The number of hydrogen-bond donors (Lipinski definition) is 1. The average molecular weight is 213 g/mol. The van der Waals surface area contributed by atoms with Gasteiger partial charge in [0.25, 0.3) is 0 Å². The fourth-order valence-corrected chi connectivity index (χ4v) is 2.51. The Morgan fingerprint density at radius 2 is 2.06 bits per heavy atom. The molecule has 0 radical (unpaired) electrons. The molecule has 0 atom stereocenters. The zero-order valence-corrected chi connectivity index (χ0v) is 9.19. The van der Waals surface area contributed by atoms with Gasteiger partial charge < -0.3 is 5.73 Å². The molecule has 0 spiro atoms. The van der Waals surface area contributed by atoms with Gasteiger partial charge in [0.05, 0.1) is 5.69 Å². The Morgan fingerprint density at radius 1 is 1.19 bits per heavy atom. The highest BCUT2D eigenvalue weighted by atomic mass is 15.1. The topological polar surface area (TPSA) is 43.8 Å². The lowest BCUT2D eigenvalue weighted by Crippen LogP contribution is -2.09. The van der Waals surface area contributed by atoms with Crippen molar-refractivity contribution in [3.63, 3.8) is 0 Å². The summed E-state index contributed by atoms with van der Waals surface area (Å²) in [6.07, 6.45) is 8.60. The fraction of sp³-hybridized carbons (Fsp3) is 0.308. The summed E-state index contributed by atoms with van der Waals surface area (Å²) in [7, 11) is 0. The molecule has 0 amide bonds. The second-order valence-electron chi connectivity index (χ2n) is 4.28. The third-order valence-corrected chi connectivity index (χ3v) is 3.30. The highest BCUT2D eigenvalue weighted by molar-refractivity contribution is 5.50. The first-order chi connectivity index (χ1) is 7.86. The van der Waals surface area contributed by atoms with Crippen LogP contribution in [0.1, 0.15) is 24.0 Å². The maximum Gasteiger partial charge on any atom is 0.204 e. The molecular formula is C13H15N3. The van der Waals surface area contributed by atoms with Gasteiger partial charge in [-0.05, 0) is 42.9 Å². The Balaban J connectivity index is 2.18. The van der Waals surface area contributed by atoms with E-state index in [0.29, 0.717) is 5.95 Å². The molecule has 0 saturated heterocycles. The summed E-state index contributed by atoms with van der Waals surface area (Å²) in [4.78, 5) is 4.08. The second-order valence-corrected chi connectivity index (χ2v) is 4.28. The Labute approximate surface area is 94.9 Å². The number of aromatic nitrogens is 2. The van der Waals surface area contributed by atoms with Crippen LogP contribution in [0.5, 0.6) is 0 Å². The zero-order chi connectivity index (χ0) is 11.0. The Kier molecular flexibility index (Phi) is 2.17. The minimum absolute atomic E-state index is 0.568. The summed E-state index contributed by atoms with van der Waals surface area (Å²) in [5.41, 5.74) is 9.97. The van der Waals surface area contributed by atoms with Gasteiger partial charge in [0.15, 0.2) is 0 Å². The summed E-state index contributed by atoms with van der Waals surface area (Å²) in [6, 6.07) is 6.46. The fourth-order valence-electron chi connectivity index (χ4n) is 2.51. The molecule has 1 heterocycles. The molecule has 3 rings (SSSR count). The van der Waals surface area contributed by atoms with Crippen molar-refractivity contribution in [3.05, 3.63) is 41.7 Å². The molecule has 0 bridgehead atoms. The number of nitrogen functional groups attached to an aromatic ring is 1. The van der Waals surface area contributed by atoms with Gasteiger partial charge >= 0.3 is 0 Å². The minimum Gasteiger partial charge on any atom is -0.369 e. The van der Waals surface area contributed by atoms with E-state index >= 15 is 0 Å². The number of hydrogen-bond acceptors (Lipinski definition) is 2. The zero-order valence-electron chi connectivity index (χ0n) is 9.19. The Bertz CT molecular complexity index is 514. The first-order valence-corrected chi connectivity index (χ1v) is 5.76. The molecule has 3 nitrogen and oxygen atoms in total. The lowest BCUT2D eigenvalue weighted by Gasteiger charge is -2.19. The van der Waals surface area contributed by atoms with Crippen LogP contribution in [0.3, 0.4) is 0 Å². The lowest BCUT2D eigenvalue weighted by atomic mass is 9.90. The summed E-state index contributed by atoms with van der Waals surface area (Å²) >= 11 is 0. The van der Waals surface area contributed by atoms with Crippen molar-refractivity contribution in [3.8, 4) is 5.69 Å². The van der Waals surface area contributed by atoms with E-state index in [4.69, 9.17) is 5.73 Å². The smallest absolute Gasteiger partial charge is 0.204 e. The molecule has 0 unspecified atom stereocenters. The standard InChI is InChI=1S/C13H15N3/c14-13-15-8-9-16(13)12-7-3-5-10-4-1-2-6-11(10)12/h3,5,7-9H,1-2,4,6H2,(H2,14,15). The maximum absolute atomic E-state index is 5.86. The minimum atomic E-state index is 0.568. The third kappa shape index (κ3) is 1.40. The molecule has 2 aromatic rings. The van der Waals surface area contributed by atoms with Crippen LogP contribution < -0.4 is 5.73 Å². The van der Waals surface area contributed by atoms with Crippen molar-refractivity contribution in [2.24, 2.45) is 0 Å². The second kappa shape index (κ2) is 3.67. The van der Waals surface area contributed by atoms with Crippen LogP contribution in [0.15, 0.2) is 30.6 Å². The predicted molar refractivity (Wildman–Crippen MR) is 64.6 cm³/mol. The van der Waals surface area contributed by atoms with Gasteiger partial charge in [0.1, 0.15) is 0 Å². The molecule has 82 valence electrons. The Hall–Kier alpha value is -1.77. The van der Waals surface area contributed by atoms with Crippen molar-refractivity contribution in [2.75, 3.05) is 5.73 Å². The number of benzene rings is 1. The van der Waals surface area contributed by atoms with Crippen molar-refractivity contribution < 1.29 is 0 Å². The van der Waals surface area contributed by atoms with Crippen molar-refractivity contribution >= 4 is 5.95 Å². The number of anilines is 1. The van der Waals surface area contributed by atoms with Crippen molar-refractivity contribution in [1.82, 2.24) is 9.55 Å². The van der Waals surface area contributed by atoms with E-state index in [9.17, 15) is 0 Å². The number of fused-ring (bicyclic) bond motifs is 1. The molecule has 3 heteroatoms. The maximum atomic E-state index is 5.86. The van der Waals surface area contributed by atoms with E-state index in [0.717, 1.165) is 6.42 Å². The van der Waals surface area contributed by atoms with Crippen LogP contribution >= 0.6 is 0 Å². The van der Waals surface area contributed by atoms with Crippen molar-refractivity contribution in [2.45, 2.75) is 25.7 Å². The van der Waals surface area contributed by atoms with Gasteiger partial charge in [0.2, 0.25) is 5.95 Å². The lowest BCUT2D eigenvalue weighted by molar-refractivity contribution is 0.681. The quantitative estimate of drug-likeness (QED) is 0.790. The number of nitrogens with two attached hydrogens (primary N) is 1. The molecule has 2 N–H and O–H groups in total.